The largest absolute Gasteiger partial charge is 0.375 e. The SMILES string of the molecule is CC1CCCCC1OC1CC(N)C1. The molecule has 2 unspecified atom stereocenters. The maximum Gasteiger partial charge on any atom is 0.0608 e. The maximum atomic E-state index is 6.03. The van der Waals surface area contributed by atoms with Crippen LogP contribution in [0.5, 0.6) is 0 Å². The first kappa shape index (κ1) is 9.47. The van der Waals surface area contributed by atoms with E-state index in [1.165, 1.54) is 25.7 Å². The summed E-state index contributed by atoms with van der Waals surface area (Å²) in [4.78, 5) is 0. The Bertz CT molecular complexity index is 165. The fourth-order valence-electron chi connectivity index (χ4n) is 2.45. The van der Waals surface area contributed by atoms with Crippen molar-refractivity contribution in [3.8, 4) is 0 Å². The highest BCUT2D eigenvalue weighted by Crippen LogP contribution is 2.31. The zero-order valence-corrected chi connectivity index (χ0v) is 8.54. The van der Waals surface area contributed by atoms with E-state index in [0.717, 1.165) is 18.8 Å². The van der Waals surface area contributed by atoms with Gasteiger partial charge in [0, 0.05) is 6.04 Å². The van der Waals surface area contributed by atoms with Gasteiger partial charge in [-0.05, 0) is 31.6 Å². The average molecular weight is 183 g/mol. The lowest BCUT2D eigenvalue weighted by molar-refractivity contribution is -0.0913. The lowest BCUT2D eigenvalue weighted by Gasteiger charge is -2.38. The average Bonchev–Trinajstić information content (AvgIpc) is 2.06. The van der Waals surface area contributed by atoms with Crippen LogP contribution in [-0.2, 0) is 4.74 Å². The van der Waals surface area contributed by atoms with Crippen LogP contribution in [0.4, 0.5) is 0 Å². The molecule has 0 bridgehead atoms. The minimum absolute atomic E-state index is 0.420. The minimum atomic E-state index is 0.420. The standard InChI is InChI=1S/C11H21NO/c1-8-4-2-3-5-11(8)13-10-6-9(12)7-10/h8-11H,2-7,12H2,1H3. The molecule has 2 fully saturated rings. The van der Waals surface area contributed by atoms with Crippen molar-refractivity contribution in [2.75, 3.05) is 0 Å². The third-order valence-electron chi connectivity index (χ3n) is 3.53. The van der Waals surface area contributed by atoms with Gasteiger partial charge >= 0.3 is 0 Å². The molecule has 0 amide bonds. The Morgan fingerprint density at radius 3 is 2.46 bits per heavy atom. The van der Waals surface area contributed by atoms with Gasteiger partial charge in [-0.1, -0.05) is 19.8 Å². The second-order valence-corrected chi connectivity index (χ2v) is 4.79. The first-order chi connectivity index (χ1) is 6.25. The molecule has 0 aliphatic heterocycles. The lowest BCUT2D eigenvalue weighted by Crippen LogP contribution is -2.44. The van der Waals surface area contributed by atoms with Crippen molar-refractivity contribution >= 4 is 0 Å². The predicted octanol–water partition coefficient (Wildman–Crippen LogP) is 2.07. The van der Waals surface area contributed by atoms with Crippen molar-refractivity contribution in [3.63, 3.8) is 0 Å². The zero-order chi connectivity index (χ0) is 9.26. The van der Waals surface area contributed by atoms with Crippen molar-refractivity contribution in [1.29, 1.82) is 0 Å². The summed E-state index contributed by atoms with van der Waals surface area (Å²) >= 11 is 0. The van der Waals surface area contributed by atoms with Gasteiger partial charge in [0.1, 0.15) is 0 Å². The first-order valence-corrected chi connectivity index (χ1v) is 5.66. The van der Waals surface area contributed by atoms with Crippen LogP contribution < -0.4 is 5.73 Å². The number of nitrogens with two attached hydrogens (primary N) is 1. The van der Waals surface area contributed by atoms with Gasteiger partial charge in [0.15, 0.2) is 0 Å². The lowest BCUT2D eigenvalue weighted by atomic mass is 9.86. The van der Waals surface area contributed by atoms with Crippen molar-refractivity contribution in [2.45, 2.75) is 63.7 Å². The Hall–Kier alpha value is -0.0800. The second-order valence-electron chi connectivity index (χ2n) is 4.79. The van der Waals surface area contributed by atoms with Gasteiger partial charge in [0.05, 0.1) is 12.2 Å². The van der Waals surface area contributed by atoms with Gasteiger partial charge in [0.25, 0.3) is 0 Å². The number of rotatable bonds is 2. The fraction of sp³-hybridized carbons (Fsp3) is 1.00. The number of ether oxygens (including phenoxy) is 1. The molecular weight excluding hydrogens is 162 g/mol. The summed E-state index contributed by atoms with van der Waals surface area (Å²) in [5.41, 5.74) is 5.73. The Kier molecular flexibility index (Phi) is 2.89. The van der Waals surface area contributed by atoms with Gasteiger partial charge in [-0.25, -0.2) is 0 Å². The van der Waals surface area contributed by atoms with Gasteiger partial charge in [0.2, 0.25) is 0 Å². The van der Waals surface area contributed by atoms with Crippen LogP contribution in [0.3, 0.4) is 0 Å². The van der Waals surface area contributed by atoms with Crippen molar-refractivity contribution in [2.24, 2.45) is 11.7 Å². The summed E-state index contributed by atoms with van der Waals surface area (Å²) in [6.07, 6.45) is 8.56. The zero-order valence-electron chi connectivity index (χ0n) is 8.54. The van der Waals surface area contributed by atoms with Crippen LogP contribution in [0.15, 0.2) is 0 Å². The summed E-state index contributed by atoms with van der Waals surface area (Å²) < 4.78 is 6.03. The van der Waals surface area contributed by atoms with Crippen molar-refractivity contribution in [1.82, 2.24) is 0 Å². The van der Waals surface area contributed by atoms with E-state index in [4.69, 9.17) is 10.5 Å². The molecule has 0 saturated heterocycles. The molecule has 0 radical (unpaired) electrons. The smallest absolute Gasteiger partial charge is 0.0608 e. The molecule has 0 aromatic rings. The molecule has 2 nitrogen and oxygen atoms in total. The molecule has 2 aliphatic carbocycles. The monoisotopic (exact) mass is 183 g/mol. The molecule has 2 rings (SSSR count). The quantitative estimate of drug-likeness (QED) is 0.711. The van der Waals surface area contributed by atoms with E-state index in [2.05, 4.69) is 6.92 Å². The molecule has 2 saturated carbocycles. The summed E-state index contributed by atoms with van der Waals surface area (Å²) in [6.45, 7) is 2.32. The van der Waals surface area contributed by atoms with Crippen molar-refractivity contribution < 1.29 is 4.74 Å². The molecule has 2 atom stereocenters. The minimum Gasteiger partial charge on any atom is -0.375 e. The Labute approximate surface area is 80.8 Å². The Morgan fingerprint density at radius 2 is 1.85 bits per heavy atom. The third kappa shape index (κ3) is 2.23. The molecular formula is C11H21NO. The van der Waals surface area contributed by atoms with E-state index in [-0.39, 0.29) is 0 Å². The first-order valence-electron chi connectivity index (χ1n) is 5.66. The summed E-state index contributed by atoms with van der Waals surface area (Å²) in [5, 5.41) is 0. The summed E-state index contributed by atoms with van der Waals surface area (Å²) in [6, 6.07) is 0.420. The van der Waals surface area contributed by atoms with Crippen LogP contribution in [0.25, 0.3) is 0 Å². The molecule has 76 valence electrons. The number of hydrogen-bond donors (Lipinski definition) is 1. The van der Waals surface area contributed by atoms with Crippen molar-refractivity contribution in [3.05, 3.63) is 0 Å². The molecule has 0 aromatic carbocycles. The molecule has 2 N–H and O–H groups in total. The topological polar surface area (TPSA) is 35.2 Å². The molecule has 13 heavy (non-hydrogen) atoms. The van der Waals surface area contributed by atoms with Gasteiger partial charge in [-0.2, -0.15) is 0 Å². The van der Waals surface area contributed by atoms with E-state index in [0.29, 0.717) is 18.2 Å². The predicted molar refractivity (Wildman–Crippen MR) is 53.5 cm³/mol. The Morgan fingerprint density at radius 1 is 1.15 bits per heavy atom. The van der Waals surface area contributed by atoms with Gasteiger partial charge in [-0.15, -0.1) is 0 Å². The molecule has 0 aromatic heterocycles. The molecule has 0 spiro atoms. The highest BCUT2D eigenvalue weighted by atomic mass is 16.5. The normalized spacial score (nSPS) is 45.7. The fourth-order valence-corrected chi connectivity index (χ4v) is 2.45. The maximum absolute atomic E-state index is 6.03. The summed E-state index contributed by atoms with van der Waals surface area (Å²) in [7, 11) is 0. The van der Waals surface area contributed by atoms with E-state index >= 15 is 0 Å². The van der Waals surface area contributed by atoms with Gasteiger partial charge in [-0.3, -0.25) is 0 Å². The molecule has 2 heteroatoms. The van der Waals surface area contributed by atoms with Crippen LogP contribution in [0.2, 0.25) is 0 Å². The van der Waals surface area contributed by atoms with Crippen LogP contribution >= 0.6 is 0 Å². The van der Waals surface area contributed by atoms with Crippen LogP contribution in [-0.4, -0.2) is 18.2 Å². The Balaban J connectivity index is 1.73. The van der Waals surface area contributed by atoms with E-state index in [9.17, 15) is 0 Å². The second kappa shape index (κ2) is 3.97. The molecule has 0 heterocycles. The summed E-state index contributed by atoms with van der Waals surface area (Å²) in [5.74, 6) is 0.769. The van der Waals surface area contributed by atoms with Gasteiger partial charge < -0.3 is 10.5 Å². The highest BCUT2D eigenvalue weighted by molar-refractivity contribution is 4.85. The number of hydrogen-bond acceptors (Lipinski definition) is 2. The highest BCUT2D eigenvalue weighted by Gasteiger charge is 2.31. The van der Waals surface area contributed by atoms with Crippen LogP contribution in [0, 0.1) is 5.92 Å². The van der Waals surface area contributed by atoms with E-state index in [1.54, 1.807) is 0 Å². The van der Waals surface area contributed by atoms with E-state index in [1.807, 2.05) is 0 Å². The van der Waals surface area contributed by atoms with E-state index < -0.39 is 0 Å². The molecule has 2 aliphatic rings. The third-order valence-corrected chi connectivity index (χ3v) is 3.53. The van der Waals surface area contributed by atoms with Crippen LogP contribution in [0.1, 0.15) is 45.4 Å².